The Morgan fingerprint density at radius 1 is 1.42 bits per heavy atom. The molecule has 2 N–H and O–H groups in total. The van der Waals surface area contributed by atoms with Gasteiger partial charge >= 0.3 is 0 Å². The Hall–Kier alpha value is -0.990. The van der Waals surface area contributed by atoms with Gasteiger partial charge in [-0.3, -0.25) is 4.68 Å². The van der Waals surface area contributed by atoms with Gasteiger partial charge in [0.2, 0.25) is 0 Å². The van der Waals surface area contributed by atoms with Crippen LogP contribution in [-0.4, -0.2) is 9.78 Å². The Kier molecular flexibility index (Phi) is 2.74. The summed E-state index contributed by atoms with van der Waals surface area (Å²) >= 11 is 0. The van der Waals surface area contributed by atoms with E-state index >= 15 is 0 Å². The average molecular weight is 167 g/mol. The topological polar surface area (TPSA) is 43.8 Å². The number of nitrogens with two attached hydrogens (primary N) is 1. The fraction of sp³-hybridized carbons (Fsp3) is 0.667. The second-order valence-corrected chi connectivity index (χ2v) is 3.04. The van der Waals surface area contributed by atoms with Crippen molar-refractivity contribution in [3.63, 3.8) is 0 Å². The molecule has 0 bridgehead atoms. The number of rotatable bonds is 3. The van der Waals surface area contributed by atoms with Crippen LogP contribution >= 0.6 is 0 Å². The summed E-state index contributed by atoms with van der Waals surface area (Å²) in [5.74, 6) is 0.828. The maximum absolute atomic E-state index is 5.87. The predicted molar refractivity (Wildman–Crippen MR) is 51.0 cm³/mol. The highest BCUT2D eigenvalue weighted by atomic mass is 15.3. The van der Waals surface area contributed by atoms with E-state index in [9.17, 15) is 0 Å². The normalized spacial score (nSPS) is 10.6. The lowest BCUT2D eigenvalue weighted by atomic mass is 10.1. The monoisotopic (exact) mass is 167 g/mol. The van der Waals surface area contributed by atoms with Crippen molar-refractivity contribution < 1.29 is 0 Å². The zero-order valence-electron chi connectivity index (χ0n) is 8.09. The van der Waals surface area contributed by atoms with Crippen LogP contribution < -0.4 is 5.73 Å². The Morgan fingerprint density at radius 3 is 2.58 bits per heavy atom. The maximum Gasteiger partial charge on any atom is 0.124 e. The van der Waals surface area contributed by atoms with Crippen molar-refractivity contribution in [2.24, 2.45) is 7.05 Å². The largest absolute Gasteiger partial charge is 0.384 e. The van der Waals surface area contributed by atoms with Gasteiger partial charge < -0.3 is 5.73 Å². The number of aryl methyl sites for hydroxylation is 2. The Bertz CT molecular complexity index is 263. The molecule has 0 aliphatic heterocycles. The smallest absolute Gasteiger partial charge is 0.124 e. The van der Waals surface area contributed by atoms with Gasteiger partial charge in [0, 0.05) is 12.6 Å². The van der Waals surface area contributed by atoms with E-state index in [0.29, 0.717) is 0 Å². The third-order valence-electron chi connectivity index (χ3n) is 2.11. The Balaban J connectivity index is 3.03. The zero-order valence-corrected chi connectivity index (χ0v) is 8.09. The molecule has 0 amide bonds. The minimum absolute atomic E-state index is 0.828. The van der Waals surface area contributed by atoms with E-state index in [0.717, 1.165) is 30.8 Å². The van der Waals surface area contributed by atoms with Gasteiger partial charge in [0.15, 0.2) is 0 Å². The third-order valence-corrected chi connectivity index (χ3v) is 2.11. The summed E-state index contributed by atoms with van der Waals surface area (Å²) < 4.78 is 1.77. The van der Waals surface area contributed by atoms with Crippen LogP contribution in [0.2, 0.25) is 0 Å². The van der Waals surface area contributed by atoms with Crippen LogP contribution in [0.15, 0.2) is 0 Å². The quantitative estimate of drug-likeness (QED) is 0.741. The van der Waals surface area contributed by atoms with Crippen LogP contribution in [0.5, 0.6) is 0 Å². The first-order valence-corrected chi connectivity index (χ1v) is 4.50. The minimum atomic E-state index is 0.828. The Labute approximate surface area is 73.6 Å². The van der Waals surface area contributed by atoms with Crippen LogP contribution in [-0.2, 0) is 19.9 Å². The molecule has 0 aliphatic carbocycles. The van der Waals surface area contributed by atoms with Crippen LogP contribution in [0.3, 0.4) is 0 Å². The van der Waals surface area contributed by atoms with Gasteiger partial charge in [-0.25, -0.2) is 0 Å². The second kappa shape index (κ2) is 3.61. The van der Waals surface area contributed by atoms with Gasteiger partial charge in [0.25, 0.3) is 0 Å². The molecule has 3 heteroatoms. The lowest BCUT2D eigenvalue weighted by Gasteiger charge is -1.98. The molecule has 0 aliphatic rings. The van der Waals surface area contributed by atoms with Gasteiger partial charge in [-0.1, -0.05) is 20.3 Å². The van der Waals surface area contributed by atoms with E-state index in [-0.39, 0.29) is 0 Å². The highest BCUT2D eigenvalue weighted by Gasteiger charge is 2.10. The van der Waals surface area contributed by atoms with E-state index in [4.69, 9.17) is 5.73 Å². The van der Waals surface area contributed by atoms with Crippen molar-refractivity contribution in [1.29, 1.82) is 0 Å². The highest BCUT2D eigenvalue weighted by Crippen LogP contribution is 2.17. The molecule has 1 aromatic heterocycles. The van der Waals surface area contributed by atoms with E-state index < -0.39 is 0 Å². The molecular formula is C9H17N3. The molecule has 0 aromatic carbocycles. The molecule has 68 valence electrons. The molecule has 0 unspecified atom stereocenters. The highest BCUT2D eigenvalue weighted by molar-refractivity contribution is 5.43. The Morgan fingerprint density at radius 2 is 2.08 bits per heavy atom. The number of nitrogen functional groups attached to an aromatic ring is 1. The molecule has 1 heterocycles. The molecule has 0 saturated carbocycles. The van der Waals surface area contributed by atoms with E-state index in [2.05, 4.69) is 18.9 Å². The number of hydrogen-bond donors (Lipinski definition) is 1. The molecule has 0 radical (unpaired) electrons. The van der Waals surface area contributed by atoms with Crippen LogP contribution in [0.1, 0.15) is 31.5 Å². The molecule has 0 atom stereocenters. The van der Waals surface area contributed by atoms with Crippen LogP contribution in [0.25, 0.3) is 0 Å². The van der Waals surface area contributed by atoms with Crippen molar-refractivity contribution >= 4 is 5.82 Å². The maximum atomic E-state index is 5.87. The lowest BCUT2D eigenvalue weighted by molar-refractivity contribution is 0.755. The van der Waals surface area contributed by atoms with Crippen LogP contribution in [0, 0.1) is 0 Å². The molecule has 12 heavy (non-hydrogen) atoms. The van der Waals surface area contributed by atoms with Gasteiger partial charge in [-0.05, 0) is 12.8 Å². The zero-order chi connectivity index (χ0) is 9.14. The summed E-state index contributed by atoms with van der Waals surface area (Å²) in [7, 11) is 1.90. The summed E-state index contributed by atoms with van der Waals surface area (Å²) in [6.45, 7) is 4.27. The second-order valence-electron chi connectivity index (χ2n) is 3.04. The molecule has 3 nitrogen and oxygen atoms in total. The summed E-state index contributed by atoms with van der Waals surface area (Å²) in [4.78, 5) is 0. The number of nitrogens with zero attached hydrogens (tertiary/aromatic N) is 2. The van der Waals surface area contributed by atoms with Crippen molar-refractivity contribution in [1.82, 2.24) is 9.78 Å². The number of aromatic nitrogens is 2. The summed E-state index contributed by atoms with van der Waals surface area (Å²) in [6, 6.07) is 0. The fourth-order valence-corrected chi connectivity index (χ4v) is 1.44. The lowest BCUT2D eigenvalue weighted by Crippen LogP contribution is -1.99. The van der Waals surface area contributed by atoms with E-state index in [1.807, 2.05) is 7.05 Å². The molecular weight excluding hydrogens is 150 g/mol. The minimum Gasteiger partial charge on any atom is -0.384 e. The van der Waals surface area contributed by atoms with Gasteiger partial charge in [-0.15, -0.1) is 0 Å². The first kappa shape index (κ1) is 9.10. The molecule has 0 spiro atoms. The molecule has 0 saturated heterocycles. The fourth-order valence-electron chi connectivity index (χ4n) is 1.44. The van der Waals surface area contributed by atoms with Gasteiger partial charge in [0.1, 0.15) is 5.82 Å². The summed E-state index contributed by atoms with van der Waals surface area (Å²) in [5, 5.41) is 4.34. The third kappa shape index (κ3) is 1.44. The van der Waals surface area contributed by atoms with Crippen LogP contribution in [0.4, 0.5) is 5.82 Å². The van der Waals surface area contributed by atoms with Gasteiger partial charge in [-0.2, -0.15) is 5.10 Å². The SMILES string of the molecule is CCCc1c(CC)nn(C)c1N. The standard InChI is InChI=1S/C9H17N3/c1-4-6-7-8(5-2)11-12(3)9(7)10/h4-6,10H2,1-3H3. The molecule has 0 fully saturated rings. The predicted octanol–water partition coefficient (Wildman–Crippen LogP) is 1.52. The summed E-state index contributed by atoms with van der Waals surface area (Å²) in [6.07, 6.45) is 3.14. The van der Waals surface area contributed by atoms with Crippen molar-refractivity contribution in [3.05, 3.63) is 11.3 Å². The van der Waals surface area contributed by atoms with Crippen molar-refractivity contribution in [2.75, 3.05) is 5.73 Å². The van der Waals surface area contributed by atoms with Crippen molar-refractivity contribution in [2.45, 2.75) is 33.1 Å². The number of hydrogen-bond acceptors (Lipinski definition) is 2. The van der Waals surface area contributed by atoms with E-state index in [1.54, 1.807) is 4.68 Å². The summed E-state index contributed by atoms with van der Waals surface area (Å²) in [5.41, 5.74) is 8.25. The average Bonchev–Trinajstić information content (AvgIpc) is 2.33. The van der Waals surface area contributed by atoms with E-state index in [1.165, 1.54) is 5.56 Å². The first-order chi connectivity index (χ1) is 5.70. The molecule has 1 rings (SSSR count). The number of anilines is 1. The molecule has 1 aromatic rings. The van der Waals surface area contributed by atoms with Gasteiger partial charge in [0.05, 0.1) is 5.69 Å². The first-order valence-electron chi connectivity index (χ1n) is 4.50. The van der Waals surface area contributed by atoms with Crippen molar-refractivity contribution in [3.8, 4) is 0 Å².